The maximum absolute atomic E-state index is 13.0. The number of aromatic nitrogens is 4. The molecule has 0 radical (unpaired) electrons. The number of pyridine rings is 1. The maximum Gasteiger partial charge on any atom is 0.416 e. The number of hydrogen-bond donors (Lipinski definition) is 3. The zero-order valence-corrected chi connectivity index (χ0v) is 22.6. The number of nitrogens with one attached hydrogen (secondary N) is 2. The van der Waals surface area contributed by atoms with E-state index in [1.54, 1.807) is 30.5 Å². The summed E-state index contributed by atoms with van der Waals surface area (Å²) in [4.78, 5) is 38.1. The maximum atomic E-state index is 13.0. The van der Waals surface area contributed by atoms with E-state index >= 15 is 0 Å². The van der Waals surface area contributed by atoms with E-state index in [2.05, 4.69) is 20.6 Å². The van der Waals surface area contributed by atoms with E-state index in [0.717, 1.165) is 49.8 Å². The third-order valence-corrected chi connectivity index (χ3v) is 7.27. The third kappa shape index (κ3) is 6.01. The van der Waals surface area contributed by atoms with Gasteiger partial charge in [0.25, 0.3) is 5.91 Å². The number of hydrogen-bond acceptors (Lipinski definition) is 6. The van der Waals surface area contributed by atoms with Gasteiger partial charge in [0, 0.05) is 47.6 Å². The molecular weight excluding hydrogens is 535 g/mol. The Labute approximate surface area is 234 Å². The number of nitrogens with zero attached hydrogens (tertiary/aromatic N) is 4. The summed E-state index contributed by atoms with van der Waals surface area (Å²) in [6.45, 7) is 3.74. The minimum Gasteiger partial charge on any atom is -0.382 e. The van der Waals surface area contributed by atoms with E-state index in [1.165, 1.54) is 0 Å². The van der Waals surface area contributed by atoms with Crippen molar-refractivity contribution >= 4 is 29.0 Å². The predicted molar refractivity (Wildman–Crippen MR) is 148 cm³/mol. The molecule has 0 aliphatic heterocycles. The van der Waals surface area contributed by atoms with Crippen LogP contribution in [0.25, 0.3) is 16.8 Å². The molecule has 12 heteroatoms. The second-order valence-electron chi connectivity index (χ2n) is 10.5. The van der Waals surface area contributed by atoms with Gasteiger partial charge in [-0.1, -0.05) is 32.4 Å². The van der Waals surface area contributed by atoms with Gasteiger partial charge in [-0.05, 0) is 43.5 Å². The lowest BCUT2D eigenvalue weighted by Crippen LogP contribution is -2.40. The summed E-state index contributed by atoms with van der Waals surface area (Å²) in [6.07, 6.45) is 3.41. The molecule has 1 fully saturated rings. The van der Waals surface area contributed by atoms with Crippen molar-refractivity contribution in [3.8, 4) is 11.3 Å². The molecular formula is C29H30F3N7O2. The van der Waals surface area contributed by atoms with E-state index in [-0.39, 0.29) is 35.2 Å². The zero-order chi connectivity index (χ0) is 29.3. The number of carbonyl (C=O) groups is 2. The van der Waals surface area contributed by atoms with Crippen LogP contribution in [0.3, 0.4) is 0 Å². The fraction of sp³-hybridized carbons (Fsp3) is 0.345. The molecule has 0 unspecified atom stereocenters. The van der Waals surface area contributed by atoms with Gasteiger partial charge in [-0.3, -0.25) is 14.0 Å². The minimum absolute atomic E-state index is 0.0331. The molecule has 0 bridgehead atoms. The Morgan fingerprint density at radius 3 is 2.54 bits per heavy atom. The Morgan fingerprint density at radius 2 is 1.83 bits per heavy atom. The summed E-state index contributed by atoms with van der Waals surface area (Å²) in [7, 11) is 0. The number of fused-ring (bicyclic) bond motifs is 1. The first-order valence-electron chi connectivity index (χ1n) is 13.4. The average Bonchev–Trinajstić information content (AvgIpc) is 3.34. The number of anilines is 2. The van der Waals surface area contributed by atoms with Gasteiger partial charge in [0.1, 0.15) is 28.7 Å². The Balaban J connectivity index is 1.40. The van der Waals surface area contributed by atoms with Crippen molar-refractivity contribution in [2.75, 3.05) is 11.1 Å². The highest BCUT2D eigenvalue weighted by Gasteiger charge is 2.31. The molecule has 3 heterocycles. The molecule has 1 saturated carbocycles. The van der Waals surface area contributed by atoms with Gasteiger partial charge in [0.15, 0.2) is 0 Å². The summed E-state index contributed by atoms with van der Waals surface area (Å²) in [5.41, 5.74) is 7.56. The molecule has 1 aliphatic carbocycles. The van der Waals surface area contributed by atoms with Crippen LogP contribution in [-0.2, 0) is 11.0 Å². The number of halogens is 3. The molecule has 0 saturated heterocycles. The number of amides is 2. The summed E-state index contributed by atoms with van der Waals surface area (Å²) in [6, 6.07) is 8.22. The van der Waals surface area contributed by atoms with Crippen LogP contribution in [0.1, 0.15) is 67.2 Å². The normalized spacial score (nSPS) is 17.5. The number of imidazole rings is 1. The average molecular weight is 566 g/mol. The van der Waals surface area contributed by atoms with Crippen molar-refractivity contribution in [2.45, 2.75) is 57.7 Å². The molecule has 214 valence electrons. The zero-order valence-electron chi connectivity index (χ0n) is 22.6. The van der Waals surface area contributed by atoms with Gasteiger partial charge in [0.2, 0.25) is 5.91 Å². The molecule has 2 amide bonds. The summed E-state index contributed by atoms with van der Waals surface area (Å²) in [5.74, 6) is 0.361. The van der Waals surface area contributed by atoms with Gasteiger partial charge in [-0.15, -0.1) is 0 Å². The minimum atomic E-state index is -4.55. The van der Waals surface area contributed by atoms with E-state index in [9.17, 15) is 22.8 Å². The van der Waals surface area contributed by atoms with Gasteiger partial charge in [-0.2, -0.15) is 13.2 Å². The van der Waals surface area contributed by atoms with Gasteiger partial charge in [0.05, 0.1) is 5.56 Å². The van der Waals surface area contributed by atoms with Crippen LogP contribution >= 0.6 is 0 Å². The second-order valence-corrected chi connectivity index (χ2v) is 10.5. The number of alkyl halides is 3. The van der Waals surface area contributed by atoms with Gasteiger partial charge in [-0.25, -0.2) is 15.0 Å². The molecule has 9 nitrogen and oxygen atoms in total. The van der Waals surface area contributed by atoms with E-state index in [1.807, 2.05) is 24.4 Å². The van der Waals surface area contributed by atoms with E-state index < -0.39 is 17.6 Å². The molecule has 1 aromatic carbocycles. The van der Waals surface area contributed by atoms with Crippen molar-refractivity contribution in [3.63, 3.8) is 0 Å². The SMILES string of the molecule is CC(C)C(=O)N[C@@H]1CCC[C@@H](c2nc(-c3ccc(C(=O)Nc4cc(C(F)(F)F)ccn4)cc3)c3c(N)nccn23)C1. The van der Waals surface area contributed by atoms with Crippen LogP contribution in [0.15, 0.2) is 55.0 Å². The number of carbonyl (C=O) groups excluding carboxylic acids is 2. The molecule has 4 aromatic rings. The quantitative estimate of drug-likeness (QED) is 0.286. The summed E-state index contributed by atoms with van der Waals surface area (Å²) >= 11 is 0. The Kier molecular flexibility index (Phi) is 7.65. The van der Waals surface area contributed by atoms with Gasteiger partial charge >= 0.3 is 6.18 Å². The van der Waals surface area contributed by atoms with E-state index in [4.69, 9.17) is 10.7 Å². The van der Waals surface area contributed by atoms with Gasteiger partial charge < -0.3 is 16.4 Å². The predicted octanol–water partition coefficient (Wildman–Crippen LogP) is 5.44. The molecule has 4 N–H and O–H groups in total. The topological polar surface area (TPSA) is 127 Å². The smallest absolute Gasteiger partial charge is 0.382 e. The number of benzene rings is 1. The summed E-state index contributed by atoms with van der Waals surface area (Å²) < 4.78 is 41.0. The Morgan fingerprint density at radius 1 is 1.07 bits per heavy atom. The second kappa shape index (κ2) is 11.2. The first-order chi connectivity index (χ1) is 19.5. The molecule has 5 rings (SSSR count). The van der Waals surface area contributed by atoms with Crippen LogP contribution in [0, 0.1) is 5.92 Å². The molecule has 1 aliphatic rings. The highest BCUT2D eigenvalue weighted by atomic mass is 19.4. The highest BCUT2D eigenvalue weighted by Crippen LogP contribution is 2.37. The largest absolute Gasteiger partial charge is 0.416 e. The van der Waals surface area contributed by atoms with E-state index in [0.29, 0.717) is 22.6 Å². The number of rotatable bonds is 6. The Bertz CT molecular complexity index is 1580. The lowest BCUT2D eigenvalue weighted by molar-refractivity contribution is -0.137. The van der Waals surface area contributed by atoms with Crippen LogP contribution in [0.4, 0.5) is 24.8 Å². The van der Waals surface area contributed by atoms with Crippen LogP contribution in [0.2, 0.25) is 0 Å². The molecule has 3 aromatic heterocycles. The first-order valence-corrected chi connectivity index (χ1v) is 13.4. The van der Waals surface area contributed by atoms with Crippen molar-refractivity contribution in [1.29, 1.82) is 0 Å². The standard InChI is InChI=1S/C29H30F3N7O2/c1-16(2)27(40)36-21-5-3-4-19(14-21)26-38-23(24-25(33)35-12-13-39(24)26)17-6-8-18(9-7-17)28(41)37-22-15-20(10-11-34-22)29(30,31)32/h6-13,15-16,19,21H,3-5,14H2,1-2H3,(H2,33,35)(H,36,40)(H,34,37,41)/t19-,21-/m1/s1. The fourth-order valence-electron chi connectivity index (χ4n) is 5.14. The van der Waals surface area contributed by atoms with Crippen molar-refractivity contribution in [3.05, 3.63) is 71.9 Å². The fourth-order valence-corrected chi connectivity index (χ4v) is 5.14. The molecule has 2 atom stereocenters. The van der Waals surface area contributed by atoms with Crippen LogP contribution < -0.4 is 16.4 Å². The van der Waals surface area contributed by atoms with Crippen LogP contribution in [0.5, 0.6) is 0 Å². The third-order valence-electron chi connectivity index (χ3n) is 7.27. The van der Waals surface area contributed by atoms with Crippen molar-refractivity contribution < 1.29 is 22.8 Å². The summed E-state index contributed by atoms with van der Waals surface area (Å²) in [5, 5.41) is 5.56. The first kappa shape index (κ1) is 28.1. The highest BCUT2D eigenvalue weighted by molar-refractivity contribution is 6.04. The molecule has 0 spiro atoms. The number of nitrogens with two attached hydrogens (primary N) is 1. The lowest BCUT2D eigenvalue weighted by Gasteiger charge is -2.29. The molecule has 41 heavy (non-hydrogen) atoms. The monoisotopic (exact) mass is 565 g/mol. The number of nitrogen functional groups attached to an aromatic ring is 1. The van der Waals surface area contributed by atoms with Crippen LogP contribution in [-0.4, -0.2) is 37.2 Å². The van der Waals surface area contributed by atoms with Crippen molar-refractivity contribution in [2.24, 2.45) is 5.92 Å². The lowest BCUT2D eigenvalue weighted by atomic mass is 9.85. The Hall–Kier alpha value is -4.48. The van der Waals surface area contributed by atoms with Crippen molar-refractivity contribution in [1.82, 2.24) is 24.7 Å².